The quantitative estimate of drug-likeness (QED) is 0.251. The van der Waals surface area contributed by atoms with Crippen molar-refractivity contribution in [3.05, 3.63) is 77.6 Å². The Bertz CT molecular complexity index is 1350. The third-order valence-corrected chi connectivity index (χ3v) is 7.35. The number of nitrogens with zero attached hydrogens (tertiary/aromatic N) is 1. The molecule has 0 radical (unpaired) electrons. The number of halogens is 1. The van der Waals surface area contributed by atoms with Crippen LogP contribution in [0.5, 0.6) is 0 Å². The molecule has 1 aromatic heterocycles. The van der Waals surface area contributed by atoms with Gasteiger partial charge in [0.2, 0.25) is 0 Å². The van der Waals surface area contributed by atoms with E-state index in [1.807, 2.05) is 43.3 Å². The van der Waals surface area contributed by atoms with Gasteiger partial charge in [0.05, 0.1) is 15.9 Å². The third-order valence-electron chi connectivity index (χ3n) is 6.42. The largest absolute Gasteiger partial charge is 0.329 e. The van der Waals surface area contributed by atoms with E-state index in [2.05, 4.69) is 10.3 Å². The molecule has 1 N–H and O–H groups in total. The molecule has 1 aliphatic carbocycles. The number of aldehydes is 1. The van der Waals surface area contributed by atoms with Crippen molar-refractivity contribution in [2.45, 2.75) is 26.2 Å². The van der Waals surface area contributed by atoms with E-state index in [1.54, 1.807) is 18.2 Å². The molecule has 1 saturated carbocycles. The molecule has 4 aromatic rings. The molecule has 2 atom stereocenters. The predicted octanol–water partition coefficient (Wildman–Crippen LogP) is 6.95. The zero-order valence-electron chi connectivity index (χ0n) is 18.2. The molecular weight excluding hydrogens is 435 g/mol. The fourth-order valence-electron chi connectivity index (χ4n) is 4.57. The molecule has 0 spiro atoms. The molecule has 4 nitrogen and oxygen atoms in total. The minimum Gasteiger partial charge on any atom is -0.329 e. The van der Waals surface area contributed by atoms with Gasteiger partial charge in [-0.15, -0.1) is 0 Å². The highest BCUT2D eigenvalue weighted by atomic mass is 32.1. The number of para-hydroxylation sites is 1. The van der Waals surface area contributed by atoms with Crippen LogP contribution in [0.3, 0.4) is 0 Å². The number of hydrogen-bond acceptors (Lipinski definition) is 5. The number of carbonyl (C=O) groups excluding carboxylic acids is 2. The number of benzene rings is 3. The maximum absolute atomic E-state index is 14.9. The highest BCUT2D eigenvalue weighted by molar-refractivity contribution is 7.22. The van der Waals surface area contributed by atoms with Gasteiger partial charge < -0.3 is 10.1 Å². The lowest BCUT2D eigenvalue weighted by atomic mass is 9.88. The molecule has 0 saturated heterocycles. The van der Waals surface area contributed by atoms with E-state index >= 15 is 0 Å². The van der Waals surface area contributed by atoms with Gasteiger partial charge in [-0.25, -0.2) is 9.37 Å². The molecular formula is C27H23FN2O2S. The lowest BCUT2D eigenvalue weighted by Gasteiger charge is -2.13. The molecule has 6 heteroatoms. The maximum atomic E-state index is 14.9. The molecule has 5 rings (SSSR count). The zero-order valence-corrected chi connectivity index (χ0v) is 19.0. The molecule has 166 valence electrons. The minimum atomic E-state index is -0.372. The van der Waals surface area contributed by atoms with Crippen LogP contribution < -0.4 is 5.32 Å². The number of ketones is 1. The topological polar surface area (TPSA) is 59.1 Å². The Hall–Kier alpha value is -3.38. The van der Waals surface area contributed by atoms with Gasteiger partial charge in [-0.1, -0.05) is 60.2 Å². The SMILES string of the molecule is Cc1cccc2sc(Nc3ccc(-c4ccc(C(=O)[C@@H]5CCC[C@H]5C=O)cc4)cc3F)nc12. The molecule has 1 aliphatic rings. The number of fused-ring (bicyclic) bond motifs is 1. The van der Waals surface area contributed by atoms with E-state index in [0.29, 0.717) is 16.4 Å². The van der Waals surface area contributed by atoms with Crippen LogP contribution in [0, 0.1) is 24.6 Å². The average Bonchev–Trinajstić information content (AvgIpc) is 3.47. The van der Waals surface area contributed by atoms with Gasteiger partial charge in [0.15, 0.2) is 10.9 Å². The van der Waals surface area contributed by atoms with E-state index in [9.17, 15) is 14.0 Å². The number of aromatic nitrogens is 1. The summed E-state index contributed by atoms with van der Waals surface area (Å²) in [5.74, 6) is -0.746. The number of Topliss-reactive ketones (excluding diaryl/α,β-unsaturated/α-hetero) is 1. The highest BCUT2D eigenvalue weighted by Gasteiger charge is 2.33. The Kier molecular flexibility index (Phi) is 5.77. The average molecular weight is 459 g/mol. The summed E-state index contributed by atoms with van der Waals surface area (Å²) in [5, 5.41) is 3.74. The second-order valence-corrected chi connectivity index (χ2v) is 9.57. The zero-order chi connectivity index (χ0) is 22.9. The fourth-order valence-corrected chi connectivity index (χ4v) is 5.53. The van der Waals surface area contributed by atoms with Crippen molar-refractivity contribution in [1.82, 2.24) is 4.98 Å². The van der Waals surface area contributed by atoms with Gasteiger partial charge in [0.25, 0.3) is 0 Å². The Labute approximate surface area is 195 Å². The number of hydrogen-bond donors (Lipinski definition) is 1. The smallest absolute Gasteiger partial charge is 0.188 e. The predicted molar refractivity (Wildman–Crippen MR) is 131 cm³/mol. The summed E-state index contributed by atoms with van der Waals surface area (Å²) in [6, 6.07) is 18.2. The molecule has 0 amide bonds. The van der Waals surface area contributed by atoms with Crippen LogP contribution in [0.25, 0.3) is 21.3 Å². The number of aryl methyl sites for hydroxylation is 1. The summed E-state index contributed by atoms with van der Waals surface area (Å²) in [5.41, 5.74) is 4.53. The van der Waals surface area contributed by atoms with E-state index in [1.165, 1.54) is 17.4 Å². The van der Waals surface area contributed by atoms with E-state index in [-0.39, 0.29) is 23.4 Å². The second kappa shape index (κ2) is 8.87. The van der Waals surface area contributed by atoms with Crippen LogP contribution in [-0.4, -0.2) is 17.1 Å². The summed E-state index contributed by atoms with van der Waals surface area (Å²) >= 11 is 1.49. The first-order valence-corrected chi connectivity index (χ1v) is 11.9. The van der Waals surface area contributed by atoms with Crippen molar-refractivity contribution in [3.8, 4) is 11.1 Å². The number of thiazole rings is 1. The van der Waals surface area contributed by atoms with Gasteiger partial charge in [-0.05, 0) is 54.7 Å². The molecule has 0 bridgehead atoms. The first-order chi connectivity index (χ1) is 16.0. The van der Waals surface area contributed by atoms with Gasteiger partial charge >= 0.3 is 0 Å². The molecule has 33 heavy (non-hydrogen) atoms. The fraction of sp³-hybridized carbons (Fsp3) is 0.222. The van der Waals surface area contributed by atoms with Gasteiger partial charge in [-0.2, -0.15) is 0 Å². The van der Waals surface area contributed by atoms with Crippen molar-refractivity contribution < 1.29 is 14.0 Å². The van der Waals surface area contributed by atoms with Crippen molar-refractivity contribution >= 4 is 44.4 Å². The number of carbonyl (C=O) groups is 2. The summed E-state index contributed by atoms with van der Waals surface area (Å²) in [6.07, 6.45) is 3.37. The van der Waals surface area contributed by atoms with Crippen LogP contribution in [0.1, 0.15) is 35.2 Å². The third kappa shape index (κ3) is 4.18. The van der Waals surface area contributed by atoms with Crippen LogP contribution in [0.15, 0.2) is 60.7 Å². The minimum absolute atomic E-state index is 0.0212. The standard InChI is InChI=1S/C27H23FN2O2S/c1-16-4-2-7-24-25(16)30-27(33-24)29-23-13-12-19(14-22(23)28)17-8-10-18(11-9-17)26(32)21-6-3-5-20(21)15-31/h2,4,7-15,20-21H,3,5-6H2,1H3,(H,29,30)/t20-,21+/m0/s1. The maximum Gasteiger partial charge on any atom is 0.188 e. The lowest BCUT2D eigenvalue weighted by molar-refractivity contribution is -0.111. The first-order valence-electron chi connectivity index (χ1n) is 11.1. The summed E-state index contributed by atoms with van der Waals surface area (Å²) in [4.78, 5) is 28.6. The van der Waals surface area contributed by atoms with Crippen molar-refractivity contribution in [1.29, 1.82) is 0 Å². The van der Waals surface area contributed by atoms with Crippen molar-refractivity contribution in [3.63, 3.8) is 0 Å². The van der Waals surface area contributed by atoms with Crippen LogP contribution in [0.4, 0.5) is 15.2 Å². The van der Waals surface area contributed by atoms with Crippen molar-refractivity contribution in [2.24, 2.45) is 11.8 Å². The summed E-state index contributed by atoms with van der Waals surface area (Å²) in [6.45, 7) is 2.01. The Morgan fingerprint density at radius 2 is 1.88 bits per heavy atom. The lowest BCUT2D eigenvalue weighted by Crippen LogP contribution is -2.20. The van der Waals surface area contributed by atoms with E-state index < -0.39 is 0 Å². The molecule has 0 unspecified atom stereocenters. The Morgan fingerprint density at radius 1 is 1.09 bits per heavy atom. The Morgan fingerprint density at radius 3 is 2.61 bits per heavy atom. The molecule has 1 fully saturated rings. The summed E-state index contributed by atoms with van der Waals surface area (Å²) in [7, 11) is 0. The van der Waals surface area contributed by atoms with Crippen LogP contribution in [-0.2, 0) is 4.79 Å². The van der Waals surface area contributed by atoms with E-state index in [4.69, 9.17) is 0 Å². The number of rotatable bonds is 6. The van der Waals surface area contributed by atoms with Gasteiger partial charge in [0, 0.05) is 17.4 Å². The molecule has 3 aromatic carbocycles. The number of nitrogens with one attached hydrogen (secondary N) is 1. The monoisotopic (exact) mass is 458 g/mol. The van der Waals surface area contributed by atoms with E-state index in [0.717, 1.165) is 52.5 Å². The summed E-state index contributed by atoms with van der Waals surface area (Å²) < 4.78 is 15.9. The van der Waals surface area contributed by atoms with Crippen LogP contribution in [0.2, 0.25) is 0 Å². The Balaban J connectivity index is 1.34. The second-order valence-electron chi connectivity index (χ2n) is 8.54. The number of anilines is 2. The van der Waals surface area contributed by atoms with Gasteiger partial charge in [-0.3, -0.25) is 4.79 Å². The molecule has 0 aliphatic heterocycles. The highest BCUT2D eigenvalue weighted by Crippen LogP contribution is 2.34. The normalized spacial score (nSPS) is 17.9. The van der Waals surface area contributed by atoms with Crippen molar-refractivity contribution in [2.75, 3.05) is 5.32 Å². The molecule has 1 heterocycles. The van der Waals surface area contributed by atoms with Gasteiger partial charge in [0.1, 0.15) is 12.1 Å². The van der Waals surface area contributed by atoms with Crippen LogP contribution >= 0.6 is 11.3 Å². The first kappa shape index (κ1) is 21.5.